The zero-order valence-corrected chi connectivity index (χ0v) is 8.48. The lowest BCUT2D eigenvalue weighted by Gasteiger charge is -1.92. The van der Waals surface area contributed by atoms with Crippen LogP contribution in [0.5, 0.6) is 0 Å². The molecule has 62 valence electrons. The Hall–Kier alpha value is -0.760. The third kappa shape index (κ3) is 1.07. The zero-order chi connectivity index (χ0) is 8.55. The van der Waals surface area contributed by atoms with Crippen LogP contribution in [-0.4, -0.2) is 4.98 Å². The van der Waals surface area contributed by atoms with Crippen molar-refractivity contribution in [1.29, 1.82) is 0 Å². The molecule has 1 N–H and O–H groups in total. The maximum Gasteiger partial charge on any atom is 0.0863 e. The van der Waals surface area contributed by atoms with Gasteiger partial charge in [-0.3, -0.25) is 0 Å². The summed E-state index contributed by atoms with van der Waals surface area (Å²) >= 11 is 3.51. The molecule has 0 aliphatic rings. The monoisotopic (exact) mass is 223 g/mol. The van der Waals surface area contributed by atoms with Crippen molar-refractivity contribution in [2.24, 2.45) is 0 Å². The van der Waals surface area contributed by atoms with Gasteiger partial charge in [0.05, 0.1) is 4.60 Å². The van der Waals surface area contributed by atoms with Crippen LogP contribution in [-0.2, 0) is 6.42 Å². The van der Waals surface area contributed by atoms with E-state index in [-0.39, 0.29) is 0 Å². The minimum absolute atomic E-state index is 1.06. The van der Waals surface area contributed by atoms with Crippen LogP contribution in [0.4, 0.5) is 0 Å². The molecule has 2 aromatic rings. The van der Waals surface area contributed by atoms with E-state index in [1.807, 2.05) is 6.07 Å². The van der Waals surface area contributed by atoms with Crippen LogP contribution in [0.3, 0.4) is 0 Å². The quantitative estimate of drug-likeness (QED) is 0.763. The summed E-state index contributed by atoms with van der Waals surface area (Å²) in [5.41, 5.74) is 2.58. The molecule has 0 aliphatic heterocycles. The molecule has 0 spiro atoms. The lowest BCUT2D eigenvalue weighted by atomic mass is 10.1. The molecule has 1 heterocycles. The number of hydrogen-bond acceptors (Lipinski definition) is 0. The number of rotatable bonds is 1. The predicted octanol–water partition coefficient (Wildman–Crippen LogP) is 3.49. The number of aromatic amines is 1. The second kappa shape index (κ2) is 2.94. The number of H-pyrrole nitrogens is 1. The van der Waals surface area contributed by atoms with Crippen LogP contribution in [0.2, 0.25) is 0 Å². The molecule has 0 saturated heterocycles. The predicted molar refractivity (Wildman–Crippen MR) is 55.4 cm³/mol. The van der Waals surface area contributed by atoms with Crippen molar-refractivity contribution in [2.45, 2.75) is 13.3 Å². The molecule has 0 bridgehead atoms. The molecule has 0 saturated carbocycles. The Balaban J connectivity index is 2.81. The van der Waals surface area contributed by atoms with Gasteiger partial charge >= 0.3 is 0 Å². The van der Waals surface area contributed by atoms with Crippen molar-refractivity contribution in [3.63, 3.8) is 0 Å². The Morgan fingerprint density at radius 3 is 2.83 bits per heavy atom. The van der Waals surface area contributed by atoms with Crippen LogP contribution in [0.25, 0.3) is 10.9 Å². The Bertz CT molecular complexity index is 403. The molecule has 0 unspecified atom stereocenters. The highest BCUT2D eigenvalue weighted by atomic mass is 79.9. The van der Waals surface area contributed by atoms with E-state index < -0.39 is 0 Å². The van der Waals surface area contributed by atoms with Gasteiger partial charge in [0, 0.05) is 10.9 Å². The molecular formula is C10H10BrN. The molecule has 2 rings (SSSR count). The number of nitrogens with one attached hydrogen (secondary N) is 1. The summed E-state index contributed by atoms with van der Waals surface area (Å²) in [4.78, 5) is 3.29. The topological polar surface area (TPSA) is 15.8 Å². The van der Waals surface area contributed by atoms with Gasteiger partial charge in [-0.15, -0.1) is 0 Å². The summed E-state index contributed by atoms with van der Waals surface area (Å²) in [6.45, 7) is 2.17. The number of aryl methyl sites for hydroxylation is 1. The fourth-order valence-corrected chi connectivity index (χ4v) is 2.22. The Kier molecular flexibility index (Phi) is 1.93. The molecule has 1 aromatic carbocycles. The molecule has 1 aromatic heterocycles. The van der Waals surface area contributed by atoms with Gasteiger partial charge in [0.25, 0.3) is 0 Å². The Morgan fingerprint density at radius 1 is 1.33 bits per heavy atom. The summed E-state index contributed by atoms with van der Waals surface area (Å²) in [6, 6.07) is 8.36. The summed E-state index contributed by atoms with van der Waals surface area (Å²) in [5.74, 6) is 0. The maximum absolute atomic E-state index is 3.51. The minimum Gasteiger partial charge on any atom is -0.349 e. The molecule has 0 atom stereocenters. The minimum atomic E-state index is 1.06. The first-order valence-corrected chi connectivity index (χ1v) is 4.87. The normalized spacial score (nSPS) is 10.8. The third-order valence-corrected chi connectivity index (χ3v) is 2.79. The number of hydrogen-bond donors (Lipinski definition) is 1. The maximum atomic E-state index is 3.51. The van der Waals surface area contributed by atoms with Crippen LogP contribution in [0, 0.1) is 0 Å². The molecule has 0 aliphatic carbocycles. The van der Waals surface area contributed by atoms with E-state index >= 15 is 0 Å². The van der Waals surface area contributed by atoms with Crippen molar-refractivity contribution in [3.05, 3.63) is 34.4 Å². The molecule has 2 heteroatoms. The highest BCUT2D eigenvalue weighted by molar-refractivity contribution is 9.10. The molecule has 1 nitrogen and oxygen atoms in total. The number of benzene rings is 1. The van der Waals surface area contributed by atoms with Crippen molar-refractivity contribution < 1.29 is 0 Å². The first-order chi connectivity index (χ1) is 5.83. The van der Waals surface area contributed by atoms with Crippen molar-refractivity contribution in [2.75, 3.05) is 0 Å². The van der Waals surface area contributed by atoms with Crippen molar-refractivity contribution >= 4 is 26.8 Å². The average molecular weight is 224 g/mol. The first-order valence-electron chi connectivity index (χ1n) is 4.08. The second-order valence-corrected chi connectivity index (χ2v) is 3.61. The van der Waals surface area contributed by atoms with Crippen LogP contribution in [0.15, 0.2) is 28.9 Å². The molecule has 0 fully saturated rings. The summed E-state index contributed by atoms with van der Waals surface area (Å²) in [6.07, 6.45) is 1.06. The largest absolute Gasteiger partial charge is 0.349 e. The smallest absolute Gasteiger partial charge is 0.0863 e. The number of halogens is 1. The Morgan fingerprint density at radius 2 is 2.08 bits per heavy atom. The Labute approximate surface area is 79.9 Å². The summed E-state index contributed by atoms with van der Waals surface area (Å²) < 4.78 is 1.12. The van der Waals surface area contributed by atoms with Gasteiger partial charge in [0.2, 0.25) is 0 Å². The molecular weight excluding hydrogens is 214 g/mol. The SMILES string of the molecule is CCc1c(Br)[nH]c2ccccc12. The van der Waals surface area contributed by atoms with Crippen molar-refractivity contribution in [3.8, 4) is 0 Å². The molecule has 0 radical (unpaired) electrons. The third-order valence-electron chi connectivity index (χ3n) is 2.12. The highest BCUT2D eigenvalue weighted by Gasteiger charge is 2.05. The van der Waals surface area contributed by atoms with Gasteiger partial charge in [0.1, 0.15) is 0 Å². The van der Waals surface area contributed by atoms with Gasteiger partial charge in [0.15, 0.2) is 0 Å². The fraction of sp³-hybridized carbons (Fsp3) is 0.200. The zero-order valence-electron chi connectivity index (χ0n) is 6.89. The van der Waals surface area contributed by atoms with Gasteiger partial charge in [-0.05, 0) is 34.0 Å². The highest BCUT2D eigenvalue weighted by Crippen LogP contribution is 2.26. The van der Waals surface area contributed by atoms with Gasteiger partial charge in [-0.2, -0.15) is 0 Å². The molecule has 12 heavy (non-hydrogen) atoms. The number of aromatic nitrogens is 1. The van der Waals surface area contributed by atoms with E-state index in [2.05, 4.69) is 46.0 Å². The number of fused-ring (bicyclic) bond motifs is 1. The standard InChI is InChI=1S/C10H10BrN/c1-2-7-8-5-3-4-6-9(8)12-10(7)11/h3-6,12H,2H2,1H3. The van der Waals surface area contributed by atoms with E-state index in [0.717, 1.165) is 11.0 Å². The van der Waals surface area contributed by atoms with Gasteiger partial charge in [-0.1, -0.05) is 25.1 Å². The van der Waals surface area contributed by atoms with E-state index in [9.17, 15) is 0 Å². The summed E-state index contributed by atoms with van der Waals surface area (Å²) in [5, 5.41) is 1.33. The van der Waals surface area contributed by atoms with E-state index in [1.54, 1.807) is 0 Å². The van der Waals surface area contributed by atoms with Gasteiger partial charge < -0.3 is 4.98 Å². The first kappa shape index (κ1) is 7.87. The van der Waals surface area contributed by atoms with E-state index in [0.29, 0.717) is 0 Å². The van der Waals surface area contributed by atoms with E-state index in [1.165, 1.54) is 16.5 Å². The lowest BCUT2D eigenvalue weighted by Crippen LogP contribution is -1.76. The lowest BCUT2D eigenvalue weighted by molar-refractivity contribution is 1.14. The average Bonchev–Trinajstić information content (AvgIpc) is 2.40. The van der Waals surface area contributed by atoms with Crippen molar-refractivity contribution in [1.82, 2.24) is 4.98 Å². The van der Waals surface area contributed by atoms with Crippen LogP contribution < -0.4 is 0 Å². The second-order valence-electron chi connectivity index (χ2n) is 2.82. The van der Waals surface area contributed by atoms with Crippen LogP contribution in [0.1, 0.15) is 12.5 Å². The number of para-hydroxylation sites is 1. The van der Waals surface area contributed by atoms with E-state index in [4.69, 9.17) is 0 Å². The van der Waals surface area contributed by atoms with Crippen LogP contribution >= 0.6 is 15.9 Å². The van der Waals surface area contributed by atoms with Gasteiger partial charge in [-0.25, -0.2) is 0 Å². The fourth-order valence-electron chi connectivity index (χ4n) is 1.51. The summed E-state index contributed by atoms with van der Waals surface area (Å²) in [7, 11) is 0. The molecule has 0 amide bonds.